The molecule has 0 aromatic heterocycles. The molecule has 1 aromatic rings. The maximum Gasteiger partial charge on any atom is 0.333 e. The predicted molar refractivity (Wildman–Crippen MR) is 90.3 cm³/mol. The number of hydrogen-bond donors (Lipinski definition) is 0. The predicted octanol–water partition coefficient (Wildman–Crippen LogP) is 2.55. The van der Waals surface area contributed by atoms with Crippen LogP contribution in [0.5, 0.6) is 5.75 Å². The second kappa shape index (κ2) is 6.86. The molecule has 0 saturated carbocycles. The fourth-order valence-corrected chi connectivity index (χ4v) is 2.31. The van der Waals surface area contributed by atoms with Crippen molar-refractivity contribution in [2.24, 2.45) is 5.41 Å². The molecule has 1 aromatic carbocycles. The molecule has 0 spiro atoms. The number of urea groups is 1. The average Bonchev–Trinajstić information content (AvgIpc) is 2.93. The van der Waals surface area contributed by atoms with Gasteiger partial charge in [-0.3, -0.25) is 19.4 Å². The number of hydrogen-bond acceptors (Lipinski definition) is 4. The maximum absolute atomic E-state index is 12.3. The van der Waals surface area contributed by atoms with Crippen LogP contribution in [0.25, 0.3) is 6.08 Å². The lowest BCUT2D eigenvalue weighted by atomic mass is 9.95. The van der Waals surface area contributed by atoms with Gasteiger partial charge in [0.15, 0.2) is 0 Å². The van der Waals surface area contributed by atoms with Gasteiger partial charge in [0.1, 0.15) is 5.75 Å². The van der Waals surface area contributed by atoms with Gasteiger partial charge in [0, 0.05) is 24.6 Å². The maximum atomic E-state index is 12.3. The Balaban J connectivity index is 2.04. The van der Waals surface area contributed by atoms with Gasteiger partial charge in [-0.25, -0.2) is 4.79 Å². The molecular formula is C18H22N2O4. The monoisotopic (exact) mass is 330 g/mol. The second-order valence-electron chi connectivity index (χ2n) is 6.59. The van der Waals surface area contributed by atoms with Gasteiger partial charge in [-0.2, -0.15) is 0 Å². The number of carbonyl (C=O) groups is 3. The van der Waals surface area contributed by atoms with Crippen LogP contribution in [0.3, 0.4) is 0 Å². The van der Waals surface area contributed by atoms with Crippen molar-refractivity contribution in [3.8, 4) is 5.75 Å². The lowest BCUT2D eigenvalue weighted by Gasteiger charge is -2.23. The van der Waals surface area contributed by atoms with Gasteiger partial charge in [-0.15, -0.1) is 0 Å². The quantitative estimate of drug-likeness (QED) is 0.799. The summed E-state index contributed by atoms with van der Waals surface area (Å²) >= 11 is 0. The van der Waals surface area contributed by atoms with Gasteiger partial charge >= 0.3 is 6.03 Å². The Hall–Kier alpha value is -2.63. The molecule has 0 N–H and O–H groups in total. The molecule has 0 radical (unpaired) electrons. The Morgan fingerprint density at radius 3 is 2.21 bits per heavy atom. The Labute approximate surface area is 141 Å². The summed E-state index contributed by atoms with van der Waals surface area (Å²) in [6.45, 7) is 5.69. The first-order chi connectivity index (χ1) is 11.2. The van der Waals surface area contributed by atoms with E-state index in [4.69, 9.17) is 4.74 Å². The zero-order chi connectivity index (χ0) is 17.9. The summed E-state index contributed by atoms with van der Waals surface area (Å²) in [6, 6.07) is 6.64. The summed E-state index contributed by atoms with van der Waals surface area (Å²) in [6.07, 6.45) is 2.97. The Bertz CT molecular complexity index is 671. The second-order valence-corrected chi connectivity index (χ2v) is 6.59. The first-order valence-corrected chi connectivity index (χ1v) is 7.73. The van der Waals surface area contributed by atoms with Crippen LogP contribution in [0.2, 0.25) is 0 Å². The van der Waals surface area contributed by atoms with Crippen molar-refractivity contribution in [3.05, 3.63) is 35.9 Å². The van der Waals surface area contributed by atoms with Gasteiger partial charge < -0.3 is 4.74 Å². The topological polar surface area (TPSA) is 66.9 Å². The number of carbonyl (C=O) groups excluding carboxylic acids is 3. The molecule has 0 bridgehead atoms. The van der Waals surface area contributed by atoms with Crippen LogP contribution in [0.1, 0.15) is 26.3 Å². The van der Waals surface area contributed by atoms with E-state index in [9.17, 15) is 14.4 Å². The Morgan fingerprint density at radius 2 is 1.67 bits per heavy atom. The summed E-state index contributed by atoms with van der Waals surface area (Å²) in [5.41, 5.74) is 0.159. The zero-order valence-electron chi connectivity index (χ0n) is 14.4. The van der Waals surface area contributed by atoms with Crippen molar-refractivity contribution in [2.45, 2.75) is 20.8 Å². The van der Waals surface area contributed by atoms with E-state index < -0.39 is 17.4 Å². The van der Waals surface area contributed by atoms with Crippen LogP contribution in [0.15, 0.2) is 30.3 Å². The molecule has 4 amide bonds. The van der Waals surface area contributed by atoms with Crippen LogP contribution in [-0.2, 0) is 9.59 Å². The molecule has 6 heteroatoms. The molecule has 6 nitrogen and oxygen atoms in total. The highest BCUT2D eigenvalue weighted by molar-refractivity contribution is 6.08. The summed E-state index contributed by atoms with van der Waals surface area (Å²) in [7, 11) is 1.58. The molecule has 1 heterocycles. The van der Waals surface area contributed by atoms with E-state index in [0.717, 1.165) is 21.1 Å². The van der Waals surface area contributed by atoms with E-state index in [-0.39, 0.29) is 19.0 Å². The fourth-order valence-electron chi connectivity index (χ4n) is 2.31. The molecule has 1 saturated heterocycles. The fraction of sp³-hybridized carbons (Fsp3) is 0.389. The summed E-state index contributed by atoms with van der Waals surface area (Å²) < 4.78 is 5.07. The number of nitrogens with zero attached hydrogens (tertiary/aromatic N) is 2. The third-order valence-electron chi connectivity index (χ3n) is 3.70. The summed E-state index contributed by atoms with van der Waals surface area (Å²) in [5.74, 6) is 0.0199. The van der Waals surface area contributed by atoms with Crippen molar-refractivity contribution in [1.82, 2.24) is 9.80 Å². The van der Waals surface area contributed by atoms with Gasteiger partial charge in [-0.05, 0) is 23.8 Å². The molecule has 1 aliphatic heterocycles. The molecule has 1 aliphatic rings. The largest absolute Gasteiger partial charge is 0.497 e. The third-order valence-corrected chi connectivity index (χ3v) is 3.70. The number of ether oxygens (including phenoxy) is 1. The normalized spacial score (nSPS) is 15.2. The third kappa shape index (κ3) is 3.82. The van der Waals surface area contributed by atoms with Crippen LogP contribution < -0.4 is 4.74 Å². The lowest BCUT2D eigenvalue weighted by Crippen LogP contribution is -2.43. The average molecular weight is 330 g/mol. The molecule has 2 rings (SSSR count). The number of amides is 4. The van der Waals surface area contributed by atoms with Crippen LogP contribution in [-0.4, -0.2) is 47.8 Å². The number of imide groups is 2. The van der Waals surface area contributed by atoms with Crippen molar-refractivity contribution in [1.29, 1.82) is 0 Å². The number of methoxy groups -OCH3 is 1. The van der Waals surface area contributed by atoms with E-state index in [2.05, 4.69) is 0 Å². The minimum absolute atomic E-state index is 0.215. The molecule has 0 atom stereocenters. The number of rotatable bonds is 3. The smallest absolute Gasteiger partial charge is 0.333 e. The first kappa shape index (κ1) is 17.7. The van der Waals surface area contributed by atoms with Crippen LogP contribution >= 0.6 is 0 Å². The van der Waals surface area contributed by atoms with Crippen molar-refractivity contribution in [2.75, 3.05) is 20.2 Å². The Morgan fingerprint density at radius 1 is 1.08 bits per heavy atom. The van der Waals surface area contributed by atoms with Crippen molar-refractivity contribution >= 4 is 23.9 Å². The molecular weight excluding hydrogens is 308 g/mol. The SMILES string of the molecule is COc1ccc(/C=C/C(=O)N2CCN(C(=O)C(C)(C)C)C2=O)cc1. The summed E-state index contributed by atoms with van der Waals surface area (Å²) in [5, 5.41) is 0. The molecule has 0 aliphatic carbocycles. The Kier molecular flexibility index (Phi) is 5.07. The molecule has 0 unspecified atom stereocenters. The summed E-state index contributed by atoms with van der Waals surface area (Å²) in [4.78, 5) is 39.0. The standard InChI is InChI=1S/C18H22N2O4/c1-18(2,3)16(22)20-12-11-19(17(20)23)15(21)10-7-13-5-8-14(24-4)9-6-13/h5-10H,11-12H2,1-4H3/b10-7+. The first-order valence-electron chi connectivity index (χ1n) is 7.73. The van der Waals surface area contributed by atoms with Gasteiger partial charge in [0.25, 0.3) is 5.91 Å². The molecule has 24 heavy (non-hydrogen) atoms. The van der Waals surface area contributed by atoms with Gasteiger partial charge in [0.05, 0.1) is 7.11 Å². The van der Waals surface area contributed by atoms with Gasteiger partial charge in [0.2, 0.25) is 5.91 Å². The lowest BCUT2D eigenvalue weighted by molar-refractivity contribution is -0.135. The van der Waals surface area contributed by atoms with E-state index in [1.54, 1.807) is 46.1 Å². The highest BCUT2D eigenvalue weighted by Gasteiger charge is 2.39. The zero-order valence-corrected chi connectivity index (χ0v) is 14.4. The molecule has 1 fully saturated rings. The molecule has 128 valence electrons. The van der Waals surface area contributed by atoms with Gasteiger partial charge in [-0.1, -0.05) is 32.9 Å². The van der Waals surface area contributed by atoms with E-state index in [1.165, 1.54) is 6.08 Å². The van der Waals surface area contributed by atoms with Crippen LogP contribution in [0.4, 0.5) is 4.79 Å². The highest BCUT2D eigenvalue weighted by Crippen LogP contribution is 2.21. The number of benzene rings is 1. The van der Waals surface area contributed by atoms with E-state index in [1.807, 2.05) is 12.1 Å². The van der Waals surface area contributed by atoms with Crippen LogP contribution in [0, 0.1) is 5.41 Å². The van der Waals surface area contributed by atoms with Crippen molar-refractivity contribution < 1.29 is 19.1 Å². The highest BCUT2D eigenvalue weighted by atomic mass is 16.5. The van der Waals surface area contributed by atoms with E-state index >= 15 is 0 Å². The minimum Gasteiger partial charge on any atom is -0.497 e. The van der Waals surface area contributed by atoms with E-state index in [0.29, 0.717) is 0 Å². The minimum atomic E-state index is -0.659. The van der Waals surface area contributed by atoms with Crippen molar-refractivity contribution in [3.63, 3.8) is 0 Å².